The van der Waals surface area contributed by atoms with Crippen molar-refractivity contribution in [3.8, 4) is 5.75 Å². The molecule has 6 nitrogen and oxygen atoms in total. The molecule has 138 valence electrons. The van der Waals surface area contributed by atoms with Crippen molar-refractivity contribution in [2.45, 2.75) is 12.3 Å². The summed E-state index contributed by atoms with van der Waals surface area (Å²) in [5, 5.41) is 0.547. The van der Waals surface area contributed by atoms with Crippen LogP contribution in [0.2, 0.25) is 0 Å². The number of aromatic nitrogens is 2. The number of rotatable bonds is 4. The standard InChI is InChI=1S/C20H18FN3O3/c21-15-5-1-2-6-18(15)27-12-19(25)24-9-7-13(11-24)16-10-17-14(20(26)23-16)4-3-8-22-17/h1-6,8,10,13H,7,9,11-12H2,(H,23,26). The number of hydrogen-bond donors (Lipinski definition) is 1. The van der Waals surface area contributed by atoms with Crippen LogP contribution in [-0.4, -0.2) is 40.5 Å². The minimum absolute atomic E-state index is 0.0292. The third kappa shape index (κ3) is 3.53. The molecule has 1 amide bonds. The fraction of sp³-hybridized carbons (Fsp3) is 0.250. The molecule has 1 unspecified atom stereocenters. The van der Waals surface area contributed by atoms with Crippen LogP contribution in [0.25, 0.3) is 10.9 Å². The van der Waals surface area contributed by atoms with E-state index in [0.29, 0.717) is 24.0 Å². The van der Waals surface area contributed by atoms with Crippen LogP contribution >= 0.6 is 0 Å². The molecule has 1 N–H and O–H groups in total. The Labute approximate surface area is 154 Å². The number of nitrogens with zero attached hydrogens (tertiary/aromatic N) is 2. The van der Waals surface area contributed by atoms with Gasteiger partial charge in [0.15, 0.2) is 18.2 Å². The van der Waals surface area contributed by atoms with Crippen molar-refractivity contribution in [3.05, 3.63) is 70.5 Å². The van der Waals surface area contributed by atoms with Crippen LogP contribution in [0.1, 0.15) is 18.0 Å². The lowest BCUT2D eigenvalue weighted by Gasteiger charge is -2.17. The Morgan fingerprint density at radius 2 is 2.15 bits per heavy atom. The summed E-state index contributed by atoms with van der Waals surface area (Å²) in [5.41, 5.74) is 1.24. The van der Waals surface area contributed by atoms with E-state index in [2.05, 4.69) is 9.97 Å². The first kappa shape index (κ1) is 17.2. The van der Waals surface area contributed by atoms with E-state index in [4.69, 9.17) is 4.74 Å². The van der Waals surface area contributed by atoms with Crippen molar-refractivity contribution in [3.63, 3.8) is 0 Å². The Morgan fingerprint density at radius 3 is 3.00 bits per heavy atom. The molecule has 3 heterocycles. The van der Waals surface area contributed by atoms with Crippen LogP contribution in [-0.2, 0) is 4.79 Å². The van der Waals surface area contributed by atoms with Gasteiger partial charge in [0.05, 0.1) is 10.9 Å². The van der Waals surface area contributed by atoms with E-state index in [0.717, 1.165) is 12.1 Å². The molecule has 0 saturated carbocycles. The molecule has 2 aromatic heterocycles. The second-order valence-electron chi connectivity index (χ2n) is 6.53. The van der Waals surface area contributed by atoms with Crippen LogP contribution in [0.3, 0.4) is 0 Å². The van der Waals surface area contributed by atoms with E-state index in [-0.39, 0.29) is 29.7 Å². The number of carbonyl (C=O) groups excluding carboxylic acids is 1. The predicted molar refractivity (Wildman–Crippen MR) is 98.2 cm³/mol. The smallest absolute Gasteiger partial charge is 0.260 e. The number of carbonyl (C=O) groups is 1. The Balaban J connectivity index is 1.43. The number of ether oxygens (including phenoxy) is 1. The van der Waals surface area contributed by atoms with Crippen LogP contribution in [0.5, 0.6) is 5.75 Å². The molecule has 0 spiro atoms. The highest BCUT2D eigenvalue weighted by atomic mass is 19.1. The highest BCUT2D eigenvalue weighted by Crippen LogP contribution is 2.26. The molecule has 1 fully saturated rings. The molecule has 1 saturated heterocycles. The molecule has 1 atom stereocenters. The van der Waals surface area contributed by atoms with Gasteiger partial charge in [0.2, 0.25) is 0 Å². The van der Waals surface area contributed by atoms with Gasteiger partial charge in [-0.3, -0.25) is 14.6 Å². The molecule has 7 heteroatoms. The third-order valence-electron chi connectivity index (χ3n) is 4.80. The van der Waals surface area contributed by atoms with Crippen molar-refractivity contribution in [2.24, 2.45) is 0 Å². The quantitative estimate of drug-likeness (QED) is 0.769. The molecular weight excluding hydrogens is 349 g/mol. The SMILES string of the molecule is O=C(COc1ccccc1F)N1CCC(c2cc3ncccc3c(=O)[nH]2)C1. The van der Waals surface area contributed by atoms with Gasteiger partial charge in [-0.2, -0.15) is 0 Å². The van der Waals surface area contributed by atoms with Gasteiger partial charge in [-0.25, -0.2) is 4.39 Å². The first-order valence-electron chi connectivity index (χ1n) is 8.75. The number of benzene rings is 1. The Kier molecular flexibility index (Phi) is 4.58. The zero-order valence-electron chi connectivity index (χ0n) is 14.5. The maximum absolute atomic E-state index is 13.6. The van der Waals surface area contributed by atoms with Gasteiger partial charge < -0.3 is 14.6 Å². The van der Waals surface area contributed by atoms with Crippen molar-refractivity contribution in [1.29, 1.82) is 0 Å². The topological polar surface area (TPSA) is 75.3 Å². The predicted octanol–water partition coefficient (Wildman–Crippen LogP) is 2.46. The van der Waals surface area contributed by atoms with E-state index in [1.807, 2.05) is 6.07 Å². The summed E-state index contributed by atoms with van der Waals surface area (Å²) in [4.78, 5) is 33.4. The molecule has 0 bridgehead atoms. The molecular formula is C20H18FN3O3. The fourth-order valence-corrected chi connectivity index (χ4v) is 3.36. The maximum atomic E-state index is 13.6. The number of pyridine rings is 2. The Morgan fingerprint density at radius 1 is 1.30 bits per heavy atom. The van der Waals surface area contributed by atoms with E-state index in [1.165, 1.54) is 12.1 Å². The number of hydrogen-bond acceptors (Lipinski definition) is 4. The summed E-state index contributed by atoms with van der Waals surface area (Å²) in [7, 11) is 0. The largest absolute Gasteiger partial charge is 0.481 e. The number of aromatic amines is 1. The summed E-state index contributed by atoms with van der Waals surface area (Å²) in [6.07, 6.45) is 2.38. The highest BCUT2D eigenvalue weighted by molar-refractivity contribution is 5.79. The van der Waals surface area contributed by atoms with Gasteiger partial charge in [0, 0.05) is 30.9 Å². The van der Waals surface area contributed by atoms with E-state index < -0.39 is 5.82 Å². The average molecular weight is 367 g/mol. The Bertz CT molecular complexity index is 1050. The highest BCUT2D eigenvalue weighted by Gasteiger charge is 2.28. The van der Waals surface area contributed by atoms with Gasteiger partial charge >= 0.3 is 0 Å². The van der Waals surface area contributed by atoms with Crippen molar-refractivity contribution in [1.82, 2.24) is 14.9 Å². The summed E-state index contributed by atoms with van der Waals surface area (Å²) in [6.45, 7) is 0.823. The second-order valence-corrected chi connectivity index (χ2v) is 6.53. The number of para-hydroxylation sites is 1. The van der Waals surface area contributed by atoms with Crippen LogP contribution in [0.15, 0.2) is 53.5 Å². The van der Waals surface area contributed by atoms with Crippen LogP contribution in [0.4, 0.5) is 4.39 Å². The number of H-pyrrole nitrogens is 1. The lowest BCUT2D eigenvalue weighted by molar-refractivity contribution is -0.132. The second kappa shape index (κ2) is 7.19. The first-order chi connectivity index (χ1) is 13.1. The van der Waals surface area contributed by atoms with Gasteiger partial charge in [-0.05, 0) is 36.8 Å². The molecule has 0 aliphatic carbocycles. The lowest BCUT2D eigenvalue weighted by Crippen LogP contribution is -2.33. The van der Waals surface area contributed by atoms with E-state index in [9.17, 15) is 14.0 Å². The maximum Gasteiger partial charge on any atom is 0.260 e. The fourth-order valence-electron chi connectivity index (χ4n) is 3.36. The summed E-state index contributed by atoms with van der Waals surface area (Å²) < 4.78 is 18.9. The molecule has 0 radical (unpaired) electrons. The number of likely N-dealkylation sites (tertiary alicyclic amines) is 1. The monoisotopic (exact) mass is 367 g/mol. The van der Waals surface area contributed by atoms with Gasteiger partial charge in [0.25, 0.3) is 11.5 Å². The van der Waals surface area contributed by atoms with Crippen molar-refractivity contribution >= 4 is 16.8 Å². The third-order valence-corrected chi connectivity index (χ3v) is 4.80. The molecule has 1 aliphatic heterocycles. The van der Waals surface area contributed by atoms with E-state index in [1.54, 1.807) is 35.4 Å². The molecule has 3 aromatic rings. The van der Waals surface area contributed by atoms with Crippen molar-refractivity contribution in [2.75, 3.05) is 19.7 Å². The number of halogens is 1. The van der Waals surface area contributed by atoms with Gasteiger partial charge in [-0.15, -0.1) is 0 Å². The molecule has 4 rings (SSSR count). The minimum atomic E-state index is -0.495. The van der Waals surface area contributed by atoms with Crippen molar-refractivity contribution < 1.29 is 13.9 Å². The first-order valence-corrected chi connectivity index (χ1v) is 8.75. The number of nitrogens with one attached hydrogen (secondary N) is 1. The average Bonchev–Trinajstić information content (AvgIpc) is 3.17. The number of fused-ring (bicyclic) bond motifs is 1. The minimum Gasteiger partial charge on any atom is -0.481 e. The molecule has 1 aliphatic rings. The van der Waals surface area contributed by atoms with Crippen LogP contribution < -0.4 is 10.3 Å². The summed E-state index contributed by atoms with van der Waals surface area (Å²) in [6, 6.07) is 11.3. The number of amides is 1. The van der Waals surface area contributed by atoms with E-state index >= 15 is 0 Å². The molecule has 27 heavy (non-hydrogen) atoms. The van der Waals surface area contributed by atoms with Crippen LogP contribution in [0, 0.1) is 5.82 Å². The van der Waals surface area contributed by atoms with Gasteiger partial charge in [-0.1, -0.05) is 12.1 Å². The zero-order valence-corrected chi connectivity index (χ0v) is 14.5. The zero-order chi connectivity index (χ0) is 18.8. The normalized spacial score (nSPS) is 16.6. The lowest BCUT2D eigenvalue weighted by atomic mass is 10.0. The molecule has 1 aromatic carbocycles. The Hall–Kier alpha value is -3.22. The summed E-state index contributed by atoms with van der Waals surface area (Å²) >= 11 is 0. The summed E-state index contributed by atoms with van der Waals surface area (Å²) in [5.74, 6) is -0.610. The van der Waals surface area contributed by atoms with Gasteiger partial charge in [0.1, 0.15) is 0 Å².